The monoisotopic (exact) mass is 364 g/mol. The maximum Gasteiger partial charge on any atom is 0.634 e. The zero-order chi connectivity index (χ0) is 17.5. The minimum Gasteiger partial charge on any atom is -0.402 e. The Labute approximate surface area is 160 Å². The van der Waals surface area contributed by atoms with E-state index in [9.17, 15) is 10.0 Å². The van der Waals surface area contributed by atoms with Crippen LogP contribution >= 0.6 is 0 Å². The molecule has 0 fully saturated rings. The molecule has 0 amide bonds. The van der Waals surface area contributed by atoms with Crippen LogP contribution in [0.4, 0.5) is 0 Å². The minimum absolute atomic E-state index is 0. The predicted octanol–water partition coefficient (Wildman–Crippen LogP) is 4.17. The van der Waals surface area contributed by atoms with E-state index in [1.807, 2.05) is 97.1 Å². The first-order valence-corrected chi connectivity index (χ1v) is 8.13. The van der Waals surface area contributed by atoms with Crippen molar-refractivity contribution in [3.05, 3.63) is 114 Å². The molecule has 0 spiro atoms. The molecular weight excluding hydrogens is 339 g/mol. The fraction of sp³-hybridized carbons (Fsp3) is 0.0476. The molecule has 0 radical (unpaired) electrons. The fourth-order valence-electron chi connectivity index (χ4n) is 2.73. The zero-order valence-corrected chi connectivity index (χ0v) is 15.1. The molecule has 1 unspecified atom stereocenters. The maximum atomic E-state index is 9.34. The van der Waals surface area contributed by atoms with Crippen LogP contribution in [0.15, 0.2) is 97.1 Å². The second kappa shape index (κ2) is 11.1. The lowest BCUT2D eigenvalue weighted by molar-refractivity contribution is 0.148. The third kappa shape index (κ3) is 6.18. The van der Waals surface area contributed by atoms with E-state index in [-0.39, 0.29) is 12.3 Å². The molecule has 0 bridgehead atoms. The second-order valence-electron chi connectivity index (χ2n) is 5.61. The van der Waals surface area contributed by atoms with Crippen molar-refractivity contribution in [3.63, 3.8) is 0 Å². The van der Waals surface area contributed by atoms with Crippen molar-refractivity contribution in [1.29, 1.82) is 0 Å². The van der Waals surface area contributed by atoms with E-state index in [0.29, 0.717) is 0 Å². The van der Waals surface area contributed by atoms with Gasteiger partial charge in [-0.05, 0) is 28.3 Å². The van der Waals surface area contributed by atoms with Crippen LogP contribution in [0, 0.1) is 0 Å². The summed E-state index contributed by atoms with van der Waals surface area (Å²) in [5.41, 5.74) is 3.88. The van der Waals surface area contributed by atoms with Crippen LogP contribution in [0.3, 0.4) is 0 Å². The number of hydrogen-bond acceptors (Lipinski definition) is 5. The van der Waals surface area contributed by atoms with Gasteiger partial charge in [0.05, 0.1) is 6.10 Å². The van der Waals surface area contributed by atoms with Gasteiger partial charge in [0.1, 0.15) is 0 Å². The summed E-state index contributed by atoms with van der Waals surface area (Å²) in [5.74, 6) is 0. The lowest BCUT2D eigenvalue weighted by Crippen LogP contribution is -2.20. The van der Waals surface area contributed by atoms with E-state index in [2.05, 4.69) is 0 Å². The van der Waals surface area contributed by atoms with Crippen LogP contribution in [-0.4, -0.2) is 17.4 Å². The molecule has 5 nitrogen and oxygen atoms in total. The second-order valence-corrected chi connectivity index (χ2v) is 5.61. The smallest absolute Gasteiger partial charge is 0.402 e. The molecule has 0 saturated carbocycles. The van der Waals surface area contributed by atoms with Gasteiger partial charge in [0.2, 0.25) is 0 Å². The van der Waals surface area contributed by atoms with Gasteiger partial charge in [-0.1, -0.05) is 91.0 Å². The van der Waals surface area contributed by atoms with Gasteiger partial charge in [-0.3, -0.25) is 0 Å². The highest BCUT2D eigenvalue weighted by molar-refractivity contribution is 6.32. The first-order valence-electron chi connectivity index (χ1n) is 8.13. The minimum atomic E-state index is -1.85. The van der Waals surface area contributed by atoms with Gasteiger partial charge in [-0.25, -0.2) is 0 Å². The molecule has 0 aliphatic heterocycles. The van der Waals surface area contributed by atoms with Crippen LogP contribution in [0.5, 0.6) is 0 Å². The Hall–Kier alpha value is -2.74. The Morgan fingerprint density at radius 3 is 1.52 bits per heavy atom. The van der Waals surface area contributed by atoms with Gasteiger partial charge in [0.25, 0.3) is 0 Å². The summed E-state index contributed by atoms with van der Waals surface area (Å²) in [7, 11) is -1.85. The van der Waals surface area contributed by atoms with Crippen LogP contribution in [-0.2, 0) is 4.65 Å². The number of hydrogen-bond donors (Lipinski definition) is 4. The number of benzene rings is 3. The average Bonchev–Trinajstić information content (AvgIpc) is 2.67. The van der Waals surface area contributed by atoms with Gasteiger partial charge in [-0.2, -0.15) is 0 Å². The first kappa shape index (κ1) is 22.3. The lowest BCUT2D eigenvalue weighted by atomic mass is 9.94. The summed E-state index contributed by atoms with van der Waals surface area (Å²) in [6.45, 7) is 0. The Bertz CT molecular complexity index is 771. The van der Waals surface area contributed by atoms with Gasteiger partial charge in [0.15, 0.2) is 0 Å². The molecule has 3 rings (SSSR count). The van der Waals surface area contributed by atoms with E-state index in [1.54, 1.807) is 0 Å². The van der Waals surface area contributed by atoms with Gasteiger partial charge >= 0.3 is 7.32 Å². The van der Waals surface area contributed by atoms with Crippen LogP contribution in [0.25, 0.3) is 5.57 Å². The summed E-state index contributed by atoms with van der Waals surface area (Å²) in [6.07, 6.45) is 1.33. The van der Waals surface area contributed by atoms with Crippen LogP contribution in [0.1, 0.15) is 22.8 Å². The van der Waals surface area contributed by atoms with Gasteiger partial charge in [-0.15, -0.1) is 0 Å². The van der Waals surface area contributed by atoms with Gasteiger partial charge in [0, 0.05) is 0 Å². The molecule has 140 valence electrons. The van der Waals surface area contributed by atoms with Crippen molar-refractivity contribution in [2.75, 3.05) is 0 Å². The average molecular weight is 364 g/mol. The molecule has 0 aliphatic rings. The molecule has 27 heavy (non-hydrogen) atoms. The molecule has 8 N–H and O–H groups in total. The summed E-state index contributed by atoms with van der Waals surface area (Å²) in [5, 5.41) is 18.7. The lowest BCUT2D eigenvalue weighted by Gasteiger charge is -2.18. The predicted molar refractivity (Wildman–Crippen MR) is 110 cm³/mol. The third-order valence-electron chi connectivity index (χ3n) is 3.88. The highest BCUT2D eigenvalue weighted by Gasteiger charge is 2.19. The summed E-state index contributed by atoms with van der Waals surface area (Å²) in [4.78, 5) is 0. The molecular formula is C21H25BN2O3. The molecule has 1 atom stereocenters. The normalized spacial score (nSPS) is 10.7. The van der Waals surface area contributed by atoms with Crippen molar-refractivity contribution in [2.24, 2.45) is 0 Å². The summed E-state index contributed by atoms with van der Waals surface area (Å²) in [6, 6.07) is 29.4. The van der Waals surface area contributed by atoms with Crippen molar-refractivity contribution >= 4 is 12.9 Å². The molecule has 3 aromatic rings. The van der Waals surface area contributed by atoms with Crippen LogP contribution in [0.2, 0.25) is 0 Å². The maximum absolute atomic E-state index is 9.34. The molecule has 0 heterocycles. The zero-order valence-electron chi connectivity index (χ0n) is 15.1. The summed E-state index contributed by atoms with van der Waals surface area (Å²) >= 11 is 0. The quantitative estimate of drug-likeness (QED) is 0.489. The first-order chi connectivity index (χ1) is 12.2. The molecule has 3 aromatic carbocycles. The SMILES string of the molecule is N.N.OB(O)OC(C=C(c1ccccc1)c1ccccc1)c1ccccc1. The topological polar surface area (TPSA) is 120 Å². The molecule has 6 heteroatoms. The van der Waals surface area contributed by atoms with E-state index < -0.39 is 13.4 Å². The van der Waals surface area contributed by atoms with Crippen molar-refractivity contribution in [2.45, 2.75) is 6.10 Å². The standard InChI is InChI=1S/C21H19BO3.2H3N/c23-22(24)25-21(19-14-8-3-9-15-19)16-20(17-10-4-1-5-11-17)18-12-6-2-7-13-18;;/h1-16,21,23-24H;2*1H3. The van der Waals surface area contributed by atoms with E-state index >= 15 is 0 Å². The fourth-order valence-corrected chi connectivity index (χ4v) is 2.73. The summed E-state index contributed by atoms with van der Waals surface area (Å²) < 4.78 is 5.34. The van der Waals surface area contributed by atoms with E-state index in [0.717, 1.165) is 22.3 Å². The molecule has 0 aromatic heterocycles. The van der Waals surface area contributed by atoms with Gasteiger partial charge < -0.3 is 27.0 Å². The molecule has 0 aliphatic carbocycles. The Morgan fingerprint density at radius 2 is 1.11 bits per heavy atom. The highest BCUT2D eigenvalue weighted by Crippen LogP contribution is 2.29. The largest absolute Gasteiger partial charge is 0.634 e. The Morgan fingerprint density at radius 1 is 0.704 bits per heavy atom. The Kier molecular flexibility index (Phi) is 9.15. The van der Waals surface area contributed by atoms with Crippen molar-refractivity contribution in [1.82, 2.24) is 12.3 Å². The van der Waals surface area contributed by atoms with E-state index in [4.69, 9.17) is 4.65 Å². The third-order valence-corrected chi connectivity index (χ3v) is 3.88. The van der Waals surface area contributed by atoms with Crippen LogP contribution < -0.4 is 12.3 Å². The Balaban J connectivity index is 0.00000182. The van der Waals surface area contributed by atoms with Crippen molar-refractivity contribution in [3.8, 4) is 0 Å². The highest BCUT2D eigenvalue weighted by atomic mass is 16.6. The number of rotatable bonds is 6. The van der Waals surface area contributed by atoms with E-state index in [1.165, 1.54) is 0 Å². The molecule has 0 saturated heterocycles. The van der Waals surface area contributed by atoms with Crippen molar-refractivity contribution < 1.29 is 14.7 Å².